The molecule has 0 saturated heterocycles. The van der Waals surface area contributed by atoms with Gasteiger partial charge in [-0.3, -0.25) is 9.59 Å². The van der Waals surface area contributed by atoms with Crippen LogP contribution < -0.4 is 10.6 Å². The summed E-state index contributed by atoms with van der Waals surface area (Å²) < 4.78 is 0. The van der Waals surface area contributed by atoms with Crippen LogP contribution in [0.3, 0.4) is 0 Å². The molecule has 0 bridgehead atoms. The second-order valence-corrected chi connectivity index (χ2v) is 5.87. The van der Waals surface area contributed by atoms with E-state index >= 15 is 0 Å². The van der Waals surface area contributed by atoms with E-state index in [2.05, 4.69) is 10.6 Å². The van der Waals surface area contributed by atoms with Gasteiger partial charge in [-0.2, -0.15) is 0 Å². The number of carbonyl (C=O) groups is 2. The standard InChI is InChI=1S/C14H18Cl2N2O2/c1-4-5-17-12(19)14(2,3)13(20)18-11-7-9(15)6-10(16)8-11/h6-8H,4-5H2,1-3H3,(H,17,19)(H,18,20). The summed E-state index contributed by atoms with van der Waals surface area (Å²) in [7, 11) is 0. The van der Waals surface area contributed by atoms with Crippen molar-refractivity contribution in [3.05, 3.63) is 28.2 Å². The average Bonchev–Trinajstić information content (AvgIpc) is 2.34. The third-order valence-corrected chi connectivity index (χ3v) is 3.23. The number of benzene rings is 1. The molecule has 0 aliphatic carbocycles. The van der Waals surface area contributed by atoms with Gasteiger partial charge >= 0.3 is 0 Å². The quantitative estimate of drug-likeness (QED) is 0.817. The molecule has 0 unspecified atom stereocenters. The van der Waals surface area contributed by atoms with Gasteiger partial charge in [-0.05, 0) is 38.5 Å². The smallest absolute Gasteiger partial charge is 0.239 e. The predicted molar refractivity (Wildman–Crippen MR) is 82.2 cm³/mol. The Hall–Kier alpha value is -1.26. The highest BCUT2D eigenvalue weighted by Crippen LogP contribution is 2.25. The zero-order valence-electron chi connectivity index (χ0n) is 11.7. The van der Waals surface area contributed by atoms with Gasteiger partial charge in [0.25, 0.3) is 0 Å². The van der Waals surface area contributed by atoms with Crippen molar-refractivity contribution in [1.29, 1.82) is 0 Å². The number of hydrogen-bond acceptors (Lipinski definition) is 2. The molecule has 0 aliphatic rings. The number of rotatable bonds is 5. The van der Waals surface area contributed by atoms with Crippen molar-refractivity contribution in [3.63, 3.8) is 0 Å². The monoisotopic (exact) mass is 316 g/mol. The number of amides is 2. The summed E-state index contributed by atoms with van der Waals surface area (Å²) in [5.74, 6) is -0.727. The molecule has 1 rings (SSSR count). The fourth-order valence-electron chi connectivity index (χ4n) is 1.48. The van der Waals surface area contributed by atoms with Gasteiger partial charge in [0.15, 0.2) is 0 Å². The molecule has 1 aromatic carbocycles. The van der Waals surface area contributed by atoms with Crippen molar-refractivity contribution in [2.75, 3.05) is 11.9 Å². The molecule has 4 nitrogen and oxygen atoms in total. The topological polar surface area (TPSA) is 58.2 Å². The van der Waals surface area contributed by atoms with Crippen molar-refractivity contribution >= 4 is 40.7 Å². The van der Waals surface area contributed by atoms with Gasteiger partial charge in [-0.25, -0.2) is 0 Å². The lowest BCUT2D eigenvalue weighted by Gasteiger charge is -2.22. The van der Waals surface area contributed by atoms with E-state index in [1.807, 2.05) is 6.92 Å². The first kappa shape index (κ1) is 16.8. The van der Waals surface area contributed by atoms with E-state index in [-0.39, 0.29) is 5.91 Å². The zero-order chi connectivity index (χ0) is 15.3. The van der Waals surface area contributed by atoms with Crippen LogP contribution in [0, 0.1) is 5.41 Å². The van der Waals surface area contributed by atoms with E-state index < -0.39 is 11.3 Å². The minimum absolute atomic E-state index is 0.315. The maximum Gasteiger partial charge on any atom is 0.239 e. The van der Waals surface area contributed by atoms with E-state index in [4.69, 9.17) is 23.2 Å². The van der Waals surface area contributed by atoms with Crippen molar-refractivity contribution in [1.82, 2.24) is 5.32 Å². The average molecular weight is 317 g/mol. The highest BCUT2D eigenvalue weighted by molar-refractivity contribution is 6.35. The number of nitrogens with one attached hydrogen (secondary N) is 2. The van der Waals surface area contributed by atoms with Crippen molar-refractivity contribution in [2.24, 2.45) is 5.41 Å². The minimum Gasteiger partial charge on any atom is -0.355 e. The highest BCUT2D eigenvalue weighted by Gasteiger charge is 2.35. The molecule has 1 aromatic rings. The Kier molecular flexibility index (Phi) is 5.84. The molecular formula is C14H18Cl2N2O2. The molecule has 2 amide bonds. The third-order valence-electron chi connectivity index (χ3n) is 2.79. The normalized spacial score (nSPS) is 11.1. The Balaban J connectivity index is 2.80. The second kappa shape index (κ2) is 6.95. The first-order chi connectivity index (χ1) is 9.27. The van der Waals surface area contributed by atoms with Crippen LogP contribution in [0.4, 0.5) is 5.69 Å². The van der Waals surface area contributed by atoms with Crippen LogP contribution >= 0.6 is 23.2 Å². The molecule has 0 spiro atoms. The Morgan fingerprint density at radius 1 is 1.10 bits per heavy atom. The van der Waals surface area contributed by atoms with Crippen LogP contribution in [-0.2, 0) is 9.59 Å². The molecule has 0 fully saturated rings. The molecule has 20 heavy (non-hydrogen) atoms. The first-order valence-corrected chi connectivity index (χ1v) is 7.08. The molecule has 0 aliphatic heterocycles. The summed E-state index contributed by atoms with van der Waals surface area (Å²) in [6, 6.07) is 4.72. The van der Waals surface area contributed by atoms with Gasteiger partial charge in [0.05, 0.1) is 0 Å². The van der Waals surface area contributed by atoms with Gasteiger partial charge in [-0.15, -0.1) is 0 Å². The van der Waals surface area contributed by atoms with Crippen LogP contribution in [0.5, 0.6) is 0 Å². The first-order valence-electron chi connectivity index (χ1n) is 6.33. The number of hydrogen-bond donors (Lipinski definition) is 2. The van der Waals surface area contributed by atoms with Crippen LogP contribution in [0.15, 0.2) is 18.2 Å². The fraction of sp³-hybridized carbons (Fsp3) is 0.429. The van der Waals surface area contributed by atoms with Crippen LogP contribution in [0.1, 0.15) is 27.2 Å². The Morgan fingerprint density at radius 3 is 2.15 bits per heavy atom. The lowest BCUT2D eigenvalue weighted by molar-refractivity contribution is -0.138. The summed E-state index contributed by atoms with van der Waals surface area (Å²) in [4.78, 5) is 24.2. The van der Waals surface area contributed by atoms with E-state index in [1.54, 1.807) is 32.0 Å². The maximum atomic E-state index is 12.2. The van der Waals surface area contributed by atoms with Gasteiger partial charge in [0, 0.05) is 22.3 Å². The summed E-state index contributed by atoms with van der Waals surface area (Å²) in [6.07, 6.45) is 0.813. The molecule has 0 atom stereocenters. The third kappa shape index (κ3) is 4.39. The Bertz CT molecular complexity index is 496. The molecule has 2 N–H and O–H groups in total. The Morgan fingerprint density at radius 2 is 1.65 bits per heavy atom. The van der Waals surface area contributed by atoms with Gasteiger partial charge in [0.1, 0.15) is 5.41 Å². The largest absolute Gasteiger partial charge is 0.355 e. The number of anilines is 1. The van der Waals surface area contributed by atoms with E-state index in [0.29, 0.717) is 22.3 Å². The lowest BCUT2D eigenvalue weighted by Crippen LogP contribution is -2.45. The summed E-state index contributed by atoms with van der Waals surface area (Å²) in [6.45, 7) is 5.62. The SMILES string of the molecule is CCCNC(=O)C(C)(C)C(=O)Nc1cc(Cl)cc(Cl)c1. The predicted octanol–water partition coefficient (Wildman–Crippen LogP) is 3.48. The molecular weight excluding hydrogens is 299 g/mol. The summed E-state index contributed by atoms with van der Waals surface area (Å²) in [5.41, 5.74) is -0.715. The van der Waals surface area contributed by atoms with E-state index in [0.717, 1.165) is 6.42 Å². The van der Waals surface area contributed by atoms with E-state index in [9.17, 15) is 9.59 Å². The summed E-state index contributed by atoms with van der Waals surface area (Å²) in [5, 5.41) is 6.20. The number of carbonyl (C=O) groups excluding carboxylic acids is 2. The van der Waals surface area contributed by atoms with Crippen LogP contribution in [-0.4, -0.2) is 18.4 Å². The van der Waals surface area contributed by atoms with Crippen LogP contribution in [0.2, 0.25) is 10.0 Å². The molecule has 6 heteroatoms. The van der Waals surface area contributed by atoms with Gasteiger partial charge in [0.2, 0.25) is 11.8 Å². The lowest BCUT2D eigenvalue weighted by atomic mass is 9.91. The molecule has 0 heterocycles. The highest BCUT2D eigenvalue weighted by atomic mass is 35.5. The van der Waals surface area contributed by atoms with E-state index in [1.165, 1.54) is 0 Å². The molecule has 110 valence electrons. The molecule has 0 aromatic heterocycles. The Labute approximate surface area is 128 Å². The van der Waals surface area contributed by atoms with Gasteiger partial charge in [-0.1, -0.05) is 30.1 Å². The maximum absolute atomic E-state index is 12.2. The molecule has 0 radical (unpaired) electrons. The van der Waals surface area contributed by atoms with Crippen molar-refractivity contribution in [3.8, 4) is 0 Å². The fourth-order valence-corrected chi connectivity index (χ4v) is 2.00. The minimum atomic E-state index is -1.18. The molecule has 0 saturated carbocycles. The second-order valence-electron chi connectivity index (χ2n) is 4.99. The number of halogens is 2. The van der Waals surface area contributed by atoms with Gasteiger partial charge < -0.3 is 10.6 Å². The van der Waals surface area contributed by atoms with Crippen molar-refractivity contribution in [2.45, 2.75) is 27.2 Å². The summed E-state index contributed by atoms with van der Waals surface area (Å²) >= 11 is 11.7. The zero-order valence-corrected chi connectivity index (χ0v) is 13.2. The van der Waals surface area contributed by atoms with Crippen LogP contribution in [0.25, 0.3) is 0 Å². The van der Waals surface area contributed by atoms with Crippen molar-refractivity contribution < 1.29 is 9.59 Å².